The van der Waals surface area contributed by atoms with E-state index < -0.39 is 21.8 Å². The van der Waals surface area contributed by atoms with Crippen LogP contribution in [0.4, 0.5) is 0 Å². The number of ether oxygens (including phenoxy) is 1. The second-order valence-corrected chi connectivity index (χ2v) is 9.90. The Hall–Kier alpha value is -2.85. The summed E-state index contributed by atoms with van der Waals surface area (Å²) in [6, 6.07) is 18.0. The summed E-state index contributed by atoms with van der Waals surface area (Å²) in [6.45, 7) is 0.439. The molecule has 1 unspecified atom stereocenters. The zero-order valence-electron chi connectivity index (χ0n) is 16.8. The maximum absolute atomic E-state index is 12.3. The molecular weight excluding hydrogens is 400 g/mol. The molecule has 1 aliphatic carbocycles. The molecule has 3 rings (SSSR count). The van der Waals surface area contributed by atoms with Gasteiger partial charge in [-0.25, -0.2) is 8.42 Å². The number of carbonyl (C=O) groups is 1. The molecule has 1 aliphatic rings. The first-order valence-corrected chi connectivity index (χ1v) is 11.9. The molecule has 0 heterocycles. The molecule has 158 valence electrons. The number of hydrogen-bond acceptors (Lipinski definition) is 5. The number of nitriles is 1. The maximum Gasteiger partial charge on any atom is 0.222 e. The van der Waals surface area contributed by atoms with Crippen molar-refractivity contribution in [3.05, 3.63) is 65.7 Å². The van der Waals surface area contributed by atoms with Crippen molar-refractivity contribution in [3.8, 4) is 11.8 Å². The Kier molecular flexibility index (Phi) is 7.47. The summed E-state index contributed by atoms with van der Waals surface area (Å²) in [5.41, 5.74) is 1.67. The Morgan fingerprint density at radius 1 is 1.10 bits per heavy atom. The number of nitrogens with one attached hydrogen (secondary N) is 1. The van der Waals surface area contributed by atoms with Gasteiger partial charge in [0.1, 0.15) is 18.4 Å². The SMILES string of the molecule is N#CC(NC(=O)CCS(=O)(=O)C1CCCC1)c1ccc(OCc2ccccc2)cc1. The number of sulfone groups is 1. The van der Waals surface area contributed by atoms with Crippen molar-refractivity contribution in [2.75, 3.05) is 5.75 Å². The van der Waals surface area contributed by atoms with Gasteiger partial charge in [0.15, 0.2) is 9.84 Å². The zero-order valence-corrected chi connectivity index (χ0v) is 17.6. The molecule has 6 nitrogen and oxygen atoms in total. The first-order valence-electron chi connectivity index (χ1n) is 10.1. The van der Waals surface area contributed by atoms with Gasteiger partial charge in [0.2, 0.25) is 5.91 Å². The van der Waals surface area contributed by atoms with E-state index in [1.807, 2.05) is 30.3 Å². The molecular formula is C23H26N2O4S. The van der Waals surface area contributed by atoms with Crippen LogP contribution in [0.25, 0.3) is 0 Å². The molecule has 1 amide bonds. The summed E-state index contributed by atoms with van der Waals surface area (Å²) in [6.07, 6.45) is 3.09. The number of amides is 1. The molecule has 0 bridgehead atoms. The molecule has 30 heavy (non-hydrogen) atoms. The highest BCUT2D eigenvalue weighted by Gasteiger charge is 2.29. The van der Waals surface area contributed by atoms with E-state index in [0.29, 0.717) is 30.8 Å². The molecule has 1 saturated carbocycles. The normalized spacial score (nSPS) is 15.3. The molecule has 2 aromatic rings. The summed E-state index contributed by atoms with van der Waals surface area (Å²) in [5.74, 6) is 0.0503. The molecule has 1 N–H and O–H groups in total. The van der Waals surface area contributed by atoms with E-state index in [4.69, 9.17) is 4.74 Å². The summed E-state index contributed by atoms with van der Waals surface area (Å²) in [7, 11) is -3.26. The third-order valence-electron chi connectivity index (χ3n) is 5.32. The minimum absolute atomic E-state index is 0.130. The summed E-state index contributed by atoms with van der Waals surface area (Å²) in [5, 5.41) is 11.7. The van der Waals surface area contributed by atoms with Crippen LogP contribution in [0.5, 0.6) is 5.75 Å². The lowest BCUT2D eigenvalue weighted by Gasteiger charge is -2.14. The van der Waals surface area contributed by atoms with Gasteiger partial charge in [0.05, 0.1) is 17.1 Å². The van der Waals surface area contributed by atoms with Crippen LogP contribution in [0.15, 0.2) is 54.6 Å². The molecule has 0 saturated heterocycles. The van der Waals surface area contributed by atoms with Crippen molar-refractivity contribution < 1.29 is 17.9 Å². The van der Waals surface area contributed by atoms with Crippen molar-refractivity contribution in [3.63, 3.8) is 0 Å². The largest absolute Gasteiger partial charge is 0.489 e. The van der Waals surface area contributed by atoms with Gasteiger partial charge in [-0.2, -0.15) is 5.26 Å². The lowest BCUT2D eigenvalue weighted by Crippen LogP contribution is -2.31. The Balaban J connectivity index is 1.51. The third kappa shape index (κ3) is 6.07. The molecule has 0 spiro atoms. The highest BCUT2D eigenvalue weighted by Crippen LogP contribution is 2.25. The average Bonchev–Trinajstić information content (AvgIpc) is 3.32. The number of benzene rings is 2. The summed E-state index contributed by atoms with van der Waals surface area (Å²) in [4.78, 5) is 12.2. The first kappa shape index (κ1) is 21.8. The van der Waals surface area contributed by atoms with E-state index in [9.17, 15) is 18.5 Å². The van der Waals surface area contributed by atoms with Gasteiger partial charge in [0, 0.05) is 6.42 Å². The molecule has 1 fully saturated rings. The number of hydrogen-bond donors (Lipinski definition) is 1. The zero-order chi connectivity index (χ0) is 21.4. The molecule has 2 aromatic carbocycles. The van der Waals surface area contributed by atoms with Gasteiger partial charge < -0.3 is 10.1 Å². The van der Waals surface area contributed by atoms with Gasteiger partial charge in [-0.1, -0.05) is 55.3 Å². The van der Waals surface area contributed by atoms with Gasteiger partial charge in [-0.15, -0.1) is 0 Å². The van der Waals surface area contributed by atoms with Crippen LogP contribution in [0.1, 0.15) is 49.3 Å². The van der Waals surface area contributed by atoms with Crippen molar-refractivity contribution in [2.24, 2.45) is 0 Å². The van der Waals surface area contributed by atoms with Crippen molar-refractivity contribution in [1.82, 2.24) is 5.32 Å². The van der Waals surface area contributed by atoms with E-state index in [0.717, 1.165) is 18.4 Å². The highest BCUT2D eigenvalue weighted by atomic mass is 32.2. The minimum atomic E-state index is -3.26. The van der Waals surface area contributed by atoms with E-state index in [-0.39, 0.29) is 17.4 Å². The number of rotatable bonds is 9. The van der Waals surface area contributed by atoms with Crippen LogP contribution in [-0.4, -0.2) is 25.3 Å². The van der Waals surface area contributed by atoms with E-state index in [1.165, 1.54) is 0 Å². The molecule has 0 aliphatic heterocycles. The predicted octanol–water partition coefficient (Wildman–Crippen LogP) is 3.69. The average molecular weight is 427 g/mol. The van der Waals surface area contributed by atoms with Crippen LogP contribution in [-0.2, 0) is 21.2 Å². The quantitative estimate of drug-likeness (QED) is 0.660. The van der Waals surface area contributed by atoms with Crippen molar-refractivity contribution >= 4 is 15.7 Å². The number of carbonyl (C=O) groups excluding carboxylic acids is 1. The summed E-state index contributed by atoms with van der Waals surface area (Å²) < 4.78 is 30.3. The monoisotopic (exact) mass is 426 g/mol. The molecule has 1 atom stereocenters. The molecule has 0 aromatic heterocycles. The summed E-state index contributed by atoms with van der Waals surface area (Å²) >= 11 is 0. The van der Waals surface area contributed by atoms with Gasteiger partial charge >= 0.3 is 0 Å². The van der Waals surface area contributed by atoms with Crippen LogP contribution in [0, 0.1) is 11.3 Å². The third-order valence-corrected chi connectivity index (χ3v) is 7.58. The lowest BCUT2D eigenvalue weighted by molar-refractivity contribution is -0.121. The Morgan fingerprint density at radius 2 is 1.77 bits per heavy atom. The van der Waals surface area contributed by atoms with E-state index in [1.54, 1.807) is 24.3 Å². The molecule has 0 radical (unpaired) electrons. The molecule has 7 heteroatoms. The van der Waals surface area contributed by atoms with Crippen LogP contribution in [0.2, 0.25) is 0 Å². The van der Waals surface area contributed by atoms with E-state index >= 15 is 0 Å². The smallest absolute Gasteiger partial charge is 0.222 e. The topological polar surface area (TPSA) is 96.3 Å². The Morgan fingerprint density at radius 3 is 2.40 bits per heavy atom. The Labute approximate surface area is 177 Å². The Bertz CT molecular complexity index is 976. The standard InChI is InChI=1S/C23H26N2O4S/c24-16-22(25-23(26)14-15-30(27,28)21-8-4-5-9-21)19-10-12-20(13-11-19)29-17-18-6-2-1-3-7-18/h1-3,6-7,10-13,21-22H,4-5,8-9,14-15,17H2,(H,25,26). The lowest BCUT2D eigenvalue weighted by atomic mass is 10.1. The fourth-order valence-electron chi connectivity index (χ4n) is 3.57. The van der Waals surface area contributed by atoms with Crippen molar-refractivity contribution in [1.29, 1.82) is 5.26 Å². The van der Waals surface area contributed by atoms with Gasteiger partial charge in [-0.05, 0) is 36.1 Å². The second kappa shape index (κ2) is 10.3. The van der Waals surface area contributed by atoms with Crippen LogP contribution < -0.4 is 10.1 Å². The maximum atomic E-state index is 12.3. The number of nitrogens with zero attached hydrogens (tertiary/aromatic N) is 1. The van der Waals surface area contributed by atoms with Gasteiger partial charge in [0.25, 0.3) is 0 Å². The fourth-order valence-corrected chi connectivity index (χ4v) is 5.42. The first-order chi connectivity index (χ1) is 14.5. The highest BCUT2D eigenvalue weighted by molar-refractivity contribution is 7.92. The van der Waals surface area contributed by atoms with Gasteiger partial charge in [-0.3, -0.25) is 4.79 Å². The predicted molar refractivity (Wildman–Crippen MR) is 114 cm³/mol. The van der Waals surface area contributed by atoms with Crippen LogP contribution >= 0.6 is 0 Å². The van der Waals surface area contributed by atoms with Crippen molar-refractivity contribution in [2.45, 2.75) is 50.0 Å². The second-order valence-electron chi connectivity index (χ2n) is 7.50. The van der Waals surface area contributed by atoms with E-state index in [2.05, 4.69) is 11.4 Å². The minimum Gasteiger partial charge on any atom is -0.489 e. The van der Waals surface area contributed by atoms with Crippen LogP contribution in [0.3, 0.4) is 0 Å². The fraction of sp³-hybridized carbons (Fsp3) is 0.391.